The van der Waals surface area contributed by atoms with Crippen molar-refractivity contribution >= 4 is 27.5 Å². The largest absolute Gasteiger partial charge is 0.439 e. The molecule has 98 valence electrons. The second-order valence-corrected chi connectivity index (χ2v) is 5.92. The molecule has 5 heteroatoms. The van der Waals surface area contributed by atoms with Crippen LogP contribution in [0.1, 0.15) is 30.1 Å². The zero-order valence-electron chi connectivity index (χ0n) is 10.4. The SMILES string of the molecule is Cc1cc(Cl)ccc1Oc1cc(Br)nc(C2CC2)n1. The highest BCUT2D eigenvalue weighted by Crippen LogP contribution is 2.39. The average molecular weight is 340 g/mol. The van der Waals surface area contributed by atoms with E-state index in [4.69, 9.17) is 16.3 Å². The van der Waals surface area contributed by atoms with Gasteiger partial charge in [0.05, 0.1) is 0 Å². The Morgan fingerprint density at radius 2 is 2.05 bits per heavy atom. The van der Waals surface area contributed by atoms with Crippen molar-refractivity contribution in [3.63, 3.8) is 0 Å². The zero-order chi connectivity index (χ0) is 13.4. The molecular weight excluding hydrogens is 328 g/mol. The molecule has 0 N–H and O–H groups in total. The standard InChI is InChI=1S/C14H12BrClN2O/c1-8-6-10(16)4-5-11(8)19-13-7-12(15)17-14(18-13)9-2-3-9/h4-7,9H,2-3H2,1H3. The van der Waals surface area contributed by atoms with E-state index in [1.54, 1.807) is 6.07 Å². The molecule has 1 aromatic heterocycles. The van der Waals surface area contributed by atoms with E-state index in [9.17, 15) is 0 Å². The Balaban J connectivity index is 1.89. The normalized spacial score (nSPS) is 14.5. The Hall–Kier alpha value is -1.13. The van der Waals surface area contributed by atoms with Gasteiger partial charge in [0.1, 0.15) is 16.2 Å². The summed E-state index contributed by atoms with van der Waals surface area (Å²) >= 11 is 9.33. The second-order valence-electron chi connectivity index (χ2n) is 4.67. The molecule has 0 unspecified atom stereocenters. The van der Waals surface area contributed by atoms with E-state index in [0.717, 1.165) is 34.6 Å². The Bertz CT molecular complexity index is 629. The molecule has 0 saturated heterocycles. The number of nitrogens with zero attached hydrogens (tertiary/aromatic N) is 2. The minimum absolute atomic E-state index is 0.492. The molecule has 3 nitrogen and oxygen atoms in total. The van der Waals surface area contributed by atoms with Crippen molar-refractivity contribution in [1.82, 2.24) is 9.97 Å². The van der Waals surface area contributed by atoms with Crippen LogP contribution in [0.4, 0.5) is 0 Å². The predicted octanol–water partition coefficient (Wildman–Crippen LogP) is 4.87. The Kier molecular flexibility index (Phi) is 3.46. The fourth-order valence-electron chi connectivity index (χ4n) is 1.83. The Labute approximate surface area is 125 Å². The van der Waals surface area contributed by atoms with Crippen LogP contribution < -0.4 is 4.74 Å². The fourth-order valence-corrected chi connectivity index (χ4v) is 2.43. The first-order valence-corrected chi connectivity index (χ1v) is 7.27. The van der Waals surface area contributed by atoms with Crippen LogP contribution in [-0.2, 0) is 0 Å². The van der Waals surface area contributed by atoms with Gasteiger partial charge in [-0.3, -0.25) is 0 Å². The Morgan fingerprint density at radius 1 is 1.26 bits per heavy atom. The molecule has 19 heavy (non-hydrogen) atoms. The first kappa shape index (κ1) is 12.9. The molecule has 0 amide bonds. The van der Waals surface area contributed by atoms with Gasteiger partial charge in [-0.15, -0.1) is 0 Å². The minimum Gasteiger partial charge on any atom is -0.439 e. The summed E-state index contributed by atoms with van der Waals surface area (Å²) in [7, 11) is 0. The highest BCUT2D eigenvalue weighted by atomic mass is 79.9. The predicted molar refractivity (Wildman–Crippen MR) is 78.0 cm³/mol. The number of hydrogen-bond acceptors (Lipinski definition) is 3. The molecule has 1 aliphatic rings. The quantitative estimate of drug-likeness (QED) is 0.748. The maximum Gasteiger partial charge on any atom is 0.223 e. The van der Waals surface area contributed by atoms with Gasteiger partial charge in [0.15, 0.2) is 0 Å². The van der Waals surface area contributed by atoms with E-state index < -0.39 is 0 Å². The van der Waals surface area contributed by atoms with Crippen LogP contribution in [0.3, 0.4) is 0 Å². The summed E-state index contributed by atoms with van der Waals surface area (Å²) in [6.45, 7) is 1.96. The number of benzene rings is 1. The number of ether oxygens (including phenoxy) is 1. The van der Waals surface area contributed by atoms with Crippen molar-refractivity contribution in [3.8, 4) is 11.6 Å². The van der Waals surface area contributed by atoms with Gasteiger partial charge in [0.25, 0.3) is 0 Å². The van der Waals surface area contributed by atoms with Gasteiger partial charge >= 0.3 is 0 Å². The molecule has 1 aromatic carbocycles. The highest BCUT2D eigenvalue weighted by molar-refractivity contribution is 9.10. The third-order valence-corrected chi connectivity index (χ3v) is 3.62. The van der Waals surface area contributed by atoms with Crippen LogP contribution in [-0.4, -0.2) is 9.97 Å². The molecule has 1 heterocycles. The second kappa shape index (κ2) is 5.10. The van der Waals surface area contributed by atoms with Crippen LogP contribution in [0.2, 0.25) is 5.02 Å². The molecule has 1 fully saturated rings. The highest BCUT2D eigenvalue weighted by Gasteiger charge is 2.27. The van der Waals surface area contributed by atoms with Crippen molar-refractivity contribution in [2.75, 3.05) is 0 Å². The zero-order valence-corrected chi connectivity index (χ0v) is 12.7. The molecule has 0 radical (unpaired) electrons. The van der Waals surface area contributed by atoms with Crippen LogP contribution in [0.5, 0.6) is 11.6 Å². The van der Waals surface area contributed by atoms with Crippen molar-refractivity contribution < 1.29 is 4.74 Å². The number of hydrogen-bond donors (Lipinski definition) is 0. The topological polar surface area (TPSA) is 35.0 Å². The molecule has 3 rings (SSSR count). The van der Waals surface area contributed by atoms with Gasteiger partial charge in [-0.25, -0.2) is 4.98 Å². The summed E-state index contributed by atoms with van der Waals surface area (Å²) in [6, 6.07) is 7.31. The first-order chi connectivity index (χ1) is 9.11. The average Bonchev–Trinajstić information content (AvgIpc) is 3.16. The Morgan fingerprint density at radius 3 is 2.74 bits per heavy atom. The molecule has 0 aliphatic heterocycles. The molecular formula is C14H12BrClN2O. The summed E-state index contributed by atoms with van der Waals surface area (Å²) in [5.41, 5.74) is 0.982. The van der Waals surface area contributed by atoms with Gasteiger partial charge in [0, 0.05) is 17.0 Å². The lowest BCUT2D eigenvalue weighted by molar-refractivity contribution is 0.454. The van der Waals surface area contributed by atoms with E-state index >= 15 is 0 Å². The fraction of sp³-hybridized carbons (Fsp3) is 0.286. The van der Waals surface area contributed by atoms with Crippen LogP contribution in [0.25, 0.3) is 0 Å². The van der Waals surface area contributed by atoms with Gasteiger partial charge in [-0.05, 0) is 59.5 Å². The number of aromatic nitrogens is 2. The lowest BCUT2D eigenvalue weighted by Gasteiger charge is -2.09. The van der Waals surface area contributed by atoms with Gasteiger partial charge < -0.3 is 4.74 Å². The lowest BCUT2D eigenvalue weighted by Crippen LogP contribution is -1.97. The van der Waals surface area contributed by atoms with E-state index in [0.29, 0.717) is 16.8 Å². The van der Waals surface area contributed by atoms with Crippen molar-refractivity contribution in [2.45, 2.75) is 25.7 Å². The van der Waals surface area contributed by atoms with Crippen molar-refractivity contribution in [2.24, 2.45) is 0 Å². The summed E-state index contributed by atoms with van der Waals surface area (Å²) in [5, 5.41) is 0.701. The van der Waals surface area contributed by atoms with Gasteiger partial charge in [-0.1, -0.05) is 11.6 Å². The van der Waals surface area contributed by atoms with E-state index in [1.165, 1.54) is 0 Å². The van der Waals surface area contributed by atoms with E-state index in [-0.39, 0.29) is 0 Å². The monoisotopic (exact) mass is 338 g/mol. The molecule has 0 atom stereocenters. The summed E-state index contributed by atoms with van der Waals surface area (Å²) in [6.07, 6.45) is 2.33. The summed E-state index contributed by atoms with van der Waals surface area (Å²) in [5.74, 6) is 2.67. The van der Waals surface area contributed by atoms with Crippen LogP contribution in [0.15, 0.2) is 28.9 Å². The molecule has 1 saturated carbocycles. The van der Waals surface area contributed by atoms with Crippen molar-refractivity contribution in [1.29, 1.82) is 0 Å². The van der Waals surface area contributed by atoms with Gasteiger partial charge in [-0.2, -0.15) is 4.98 Å². The van der Waals surface area contributed by atoms with Crippen LogP contribution >= 0.6 is 27.5 Å². The first-order valence-electron chi connectivity index (χ1n) is 6.10. The van der Waals surface area contributed by atoms with Crippen LogP contribution in [0, 0.1) is 6.92 Å². The summed E-state index contributed by atoms with van der Waals surface area (Å²) in [4.78, 5) is 8.84. The maximum absolute atomic E-state index is 5.93. The molecule has 0 bridgehead atoms. The maximum atomic E-state index is 5.93. The third kappa shape index (κ3) is 3.07. The third-order valence-electron chi connectivity index (χ3n) is 2.98. The van der Waals surface area contributed by atoms with E-state index in [2.05, 4.69) is 25.9 Å². The molecule has 2 aromatic rings. The smallest absolute Gasteiger partial charge is 0.223 e. The number of rotatable bonds is 3. The summed E-state index contributed by atoms with van der Waals surface area (Å²) < 4.78 is 6.58. The molecule has 0 spiro atoms. The van der Waals surface area contributed by atoms with E-state index in [1.807, 2.05) is 25.1 Å². The van der Waals surface area contributed by atoms with Crippen molar-refractivity contribution in [3.05, 3.63) is 45.3 Å². The van der Waals surface area contributed by atoms with Gasteiger partial charge in [0.2, 0.25) is 5.88 Å². The molecule has 1 aliphatic carbocycles. The lowest BCUT2D eigenvalue weighted by atomic mass is 10.2. The number of halogens is 2. The number of aryl methyl sites for hydroxylation is 1. The minimum atomic E-state index is 0.492.